The number of benzene rings is 2. The first-order chi connectivity index (χ1) is 10.3. The number of hydrogen-bond acceptors (Lipinski definition) is 4. The van der Waals surface area contributed by atoms with Gasteiger partial charge in [-0.1, -0.05) is 41.7 Å². The molecular formula is C17H18N2OS. The van der Waals surface area contributed by atoms with Gasteiger partial charge in [0.2, 0.25) is 0 Å². The van der Waals surface area contributed by atoms with Crippen LogP contribution in [0.2, 0.25) is 0 Å². The van der Waals surface area contributed by atoms with Gasteiger partial charge in [-0.3, -0.25) is 0 Å². The van der Waals surface area contributed by atoms with Gasteiger partial charge < -0.3 is 10.1 Å². The van der Waals surface area contributed by atoms with Crippen molar-refractivity contribution in [3.05, 3.63) is 53.6 Å². The summed E-state index contributed by atoms with van der Waals surface area (Å²) in [5.41, 5.74) is 4.64. The summed E-state index contributed by atoms with van der Waals surface area (Å²) >= 11 is 1.69. The van der Waals surface area contributed by atoms with Crippen LogP contribution >= 0.6 is 11.3 Å². The molecule has 0 atom stereocenters. The zero-order valence-corrected chi connectivity index (χ0v) is 13.0. The van der Waals surface area contributed by atoms with Gasteiger partial charge >= 0.3 is 0 Å². The molecule has 0 saturated heterocycles. The second kappa shape index (κ2) is 6.24. The predicted octanol–water partition coefficient (Wildman–Crippen LogP) is 4.54. The number of aryl methyl sites for hydroxylation is 1. The number of aromatic nitrogens is 1. The molecule has 4 heteroatoms. The van der Waals surface area contributed by atoms with E-state index in [1.165, 1.54) is 15.8 Å². The van der Waals surface area contributed by atoms with Crippen LogP contribution in [0.3, 0.4) is 0 Å². The lowest BCUT2D eigenvalue weighted by Crippen LogP contribution is -1.99. The van der Waals surface area contributed by atoms with Crippen molar-refractivity contribution in [1.29, 1.82) is 0 Å². The van der Waals surface area contributed by atoms with Crippen molar-refractivity contribution in [2.24, 2.45) is 0 Å². The van der Waals surface area contributed by atoms with Gasteiger partial charge in [-0.15, -0.1) is 0 Å². The highest BCUT2D eigenvalue weighted by Gasteiger charge is 2.08. The topological polar surface area (TPSA) is 34.1 Å². The van der Waals surface area contributed by atoms with E-state index in [2.05, 4.69) is 48.6 Å². The van der Waals surface area contributed by atoms with Crippen LogP contribution in [0.5, 0.6) is 0 Å². The maximum Gasteiger partial charge on any atom is 0.188 e. The van der Waals surface area contributed by atoms with E-state index in [1.807, 2.05) is 6.07 Å². The second-order valence-electron chi connectivity index (χ2n) is 4.97. The molecule has 0 spiro atoms. The average Bonchev–Trinajstić information content (AvgIpc) is 2.90. The lowest BCUT2D eigenvalue weighted by Gasteiger charge is -2.09. The first kappa shape index (κ1) is 14.0. The Morgan fingerprint density at radius 2 is 2.00 bits per heavy atom. The van der Waals surface area contributed by atoms with E-state index >= 15 is 0 Å². The van der Waals surface area contributed by atoms with Crippen LogP contribution in [0.25, 0.3) is 10.2 Å². The highest BCUT2D eigenvalue weighted by atomic mass is 32.1. The molecule has 1 heterocycles. The number of methoxy groups -OCH3 is 1. The number of ether oxygens (including phenoxy) is 1. The lowest BCUT2D eigenvalue weighted by molar-refractivity contribution is 0.202. The zero-order valence-electron chi connectivity index (χ0n) is 12.2. The number of nitrogens with zero attached hydrogens (tertiary/aromatic N) is 1. The molecule has 2 aromatic carbocycles. The molecule has 0 unspecified atom stereocenters. The number of hydrogen-bond donors (Lipinski definition) is 1. The molecule has 0 saturated carbocycles. The Hall–Kier alpha value is -1.91. The fourth-order valence-electron chi connectivity index (χ4n) is 2.33. The van der Waals surface area contributed by atoms with Crippen LogP contribution < -0.4 is 5.32 Å². The summed E-state index contributed by atoms with van der Waals surface area (Å²) in [6, 6.07) is 14.6. The Morgan fingerprint density at radius 3 is 2.81 bits per heavy atom. The Labute approximate surface area is 128 Å². The number of rotatable bonds is 5. The van der Waals surface area contributed by atoms with Crippen molar-refractivity contribution >= 4 is 32.4 Å². The summed E-state index contributed by atoms with van der Waals surface area (Å²) in [6.07, 6.45) is 0.892. The van der Waals surface area contributed by atoms with Crippen LogP contribution in [0.4, 0.5) is 10.8 Å². The van der Waals surface area contributed by atoms with Crippen molar-refractivity contribution in [3.63, 3.8) is 0 Å². The molecule has 0 amide bonds. The predicted molar refractivity (Wildman–Crippen MR) is 89.7 cm³/mol. The minimum atomic E-state index is 0.720. The molecule has 3 aromatic rings. The Bertz CT molecular complexity index is 751. The molecule has 21 heavy (non-hydrogen) atoms. The molecule has 1 N–H and O–H groups in total. The Morgan fingerprint density at radius 1 is 1.14 bits per heavy atom. The van der Waals surface area contributed by atoms with E-state index < -0.39 is 0 Å². The minimum absolute atomic E-state index is 0.720. The SMILES string of the molecule is COCCc1ccccc1Nc1nc2c(C)cccc2s1. The summed E-state index contributed by atoms with van der Waals surface area (Å²) < 4.78 is 6.39. The van der Waals surface area contributed by atoms with Gasteiger partial charge in [0.1, 0.15) is 0 Å². The quantitative estimate of drug-likeness (QED) is 0.751. The van der Waals surface area contributed by atoms with Gasteiger partial charge in [-0.25, -0.2) is 4.98 Å². The van der Waals surface area contributed by atoms with E-state index in [-0.39, 0.29) is 0 Å². The van der Waals surface area contributed by atoms with E-state index in [0.29, 0.717) is 0 Å². The fraction of sp³-hybridized carbons (Fsp3) is 0.235. The van der Waals surface area contributed by atoms with Gasteiger partial charge in [0.25, 0.3) is 0 Å². The van der Waals surface area contributed by atoms with E-state index in [1.54, 1.807) is 18.4 Å². The molecule has 0 fully saturated rings. The Kier molecular flexibility index (Phi) is 4.18. The van der Waals surface area contributed by atoms with Crippen LogP contribution in [0.1, 0.15) is 11.1 Å². The van der Waals surface area contributed by atoms with Gasteiger partial charge in [0.15, 0.2) is 5.13 Å². The summed E-state index contributed by atoms with van der Waals surface area (Å²) in [4.78, 5) is 4.71. The van der Waals surface area contributed by atoms with Gasteiger partial charge in [-0.2, -0.15) is 0 Å². The molecule has 1 aromatic heterocycles. The standard InChI is InChI=1S/C17H18N2OS/c1-12-6-5-9-15-16(12)19-17(21-15)18-14-8-4-3-7-13(14)10-11-20-2/h3-9H,10-11H2,1-2H3,(H,18,19). The molecule has 0 bridgehead atoms. The van der Waals surface area contributed by atoms with Gasteiger partial charge in [0.05, 0.1) is 16.8 Å². The molecule has 108 valence electrons. The number of anilines is 2. The molecular weight excluding hydrogens is 280 g/mol. The largest absolute Gasteiger partial charge is 0.384 e. The van der Waals surface area contributed by atoms with E-state index in [0.717, 1.165) is 29.4 Å². The third kappa shape index (κ3) is 3.06. The summed E-state index contributed by atoms with van der Waals surface area (Å²) in [7, 11) is 1.73. The van der Waals surface area contributed by atoms with Crippen LogP contribution in [-0.2, 0) is 11.2 Å². The summed E-state index contributed by atoms with van der Waals surface area (Å²) in [5, 5.41) is 4.38. The van der Waals surface area contributed by atoms with Gasteiger partial charge in [0, 0.05) is 12.8 Å². The molecule has 0 aliphatic heterocycles. The molecule has 3 nitrogen and oxygen atoms in total. The molecule has 0 aliphatic rings. The number of fused-ring (bicyclic) bond motifs is 1. The first-order valence-corrected chi connectivity index (χ1v) is 7.79. The number of nitrogens with one attached hydrogen (secondary N) is 1. The second-order valence-corrected chi connectivity index (χ2v) is 6.00. The monoisotopic (exact) mass is 298 g/mol. The normalized spacial score (nSPS) is 11.0. The zero-order chi connectivity index (χ0) is 14.7. The summed E-state index contributed by atoms with van der Waals surface area (Å²) in [6.45, 7) is 2.82. The first-order valence-electron chi connectivity index (χ1n) is 6.98. The molecule has 3 rings (SSSR count). The van der Waals surface area contributed by atoms with E-state index in [9.17, 15) is 0 Å². The summed E-state index contributed by atoms with van der Waals surface area (Å²) in [5.74, 6) is 0. The number of para-hydroxylation sites is 2. The highest BCUT2D eigenvalue weighted by molar-refractivity contribution is 7.22. The minimum Gasteiger partial charge on any atom is -0.384 e. The van der Waals surface area contributed by atoms with E-state index in [4.69, 9.17) is 9.72 Å². The lowest BCUT2D eigenvalue weighted by atomic mass is 10.1. The smallest absolute Gasteiger partial charge is 0.188 e. The average molecular weight is 298 g/mol. The van der Waals surface area contributed by atoms with Crippen LogP contribution in [0.15, 0.2) is 42.5 Å². The molecule has 0 aliphatic carbocycles. The third-order valence-corrected chi connectivity index (χ3v) is 4.39. The fourth-order valence-corrected chi connectivity index (χ4v) is 3.28. The van der Waals surface area contributed by atoms with Crippen molar-refractivity contribution in [3.8, 4) is 0 Å². The van der Waals surface area contributed by atoms with Crippen molar-refractivity contribution in [2.45, 2.75) is 13.3 Å². The maximum atomic E-state index is 5.17. The number of thiazole rings is 1. The Balaban J connectivity index is 1.90. The van der Waals surface area contributed by atoms with Crippen molar-refractivity contribution in [1.82, 2.24) is 4.98 Å². The third-order valence-electron chi connectivity index (χ3n) is 3.46. The van der Waals surface area contributed by atoms with Crippen LogP contribution in [-0.4, -0.2) is 18.7 Å². The maximum absolute atomic E-state index is 5.17. The van der Waals surface area contributed by atoms with Crippen molar-refractivity contribution in [2.75, 3.05) is 19.0 Å². The van der Waals surface area contributed by atoms with Crippen molar-refractivity contribution < 1.29 is 4.74 Å². The highest BCUT2D eigenvalue weighted by Crippen LogP contribution is 2.31. The molecule has 0 radical (unpaired) electrons. The van der Waals surface area contributed by atoms with Crippen LogP contribution in [0, 0.1) is 6.92 Å². The van der Waals surface area contributed by atoms with Gasteiger partial charge in [-0.05, 0) is 36.6 Å².